The van der Waals surface area contributed by atoms with Crippen molar-refractivity contribution >= 4 is 28.4 Å². The Balaban J connectivity index is 0.000000646. The molecule has 0 radical (unpaired) electrons. The third-order valence-electron chi connectivity index (χ3n) is 2.98. The van der Waals surface area contributed by atoms with Crippen LogP contribution in [0, 0.1) is 11.3 Å². The Morgan fingerprint density at radius 2 is 1.74 bits per heavy atom. The Hall–Kier alpha value is -3.42. The number of rotatable bonds is 5. The maximum absolute atomic E-state index is 11.2. The van der Waals surface area contributed by atoms with Crippen LogP contribution in [-0.2, 0) is 19.6 Å². The van der Waals surface area contributed by atoms with E-state index in [9.17, 15) is 18.0 Å². The second-order valence-corrected chi connectivity index (χ2v) is 6.94. The minimum absolute atomic E-state index is 0.0107. The molecule has 0 aliphatic heterocycles. The molecule has 0 spiro atoms. The highest BCUT2D eigenvalue weighted by atomic mass is 32.2. The van der Waals surface area contributed by atoms with Gasteiger partial charge >= 0.3 is 0 Å². The zero-order valence-electron chi connectivity index (χ0n) is 14.6. The number of sulfonamides is 1. The zero-order chi connectivity index (χ0) is 20.6. The van der Waals surface area contributed by atoms with Crippen molar-refractivity contribution in [1.82, 2.24) is 4.90 Å². The number of hydrogen-bond acceptors (Lipinski definition) is 6. The van der Waals surface area contributed by atoms with Gasteiger partial charge in [-0.25, -0.2) is 13.6 Å². The van der Waals surface area contributed by atoms with Gasteiger partial charge in [0, 0.05) is 25.7 Å². The molecule has 2 amide bonds. The van der Waals surface area contributed by atoms with Gasteiger partial charge in [-0.15, -0.1) is 0 Å². The molecule has 0 aliphatic carbocycles. The number of nitrogens with two attached hydrogens (primary N) is 2. The van der Waals surface area contributed by atoms with E-state index in [4.69, 9.17) is 20.6 Å². The monoisotopic (exact) mass is 390 g/mol. The van der Waals surface area contributed by atoms with Gasteiger partial charge in [0.05, 0.1) is 4.90 Å². The van der Waals surface area contributed by atoms with Gasteiger partial charge in [-0.05, 0) is 36.4 Å². The fraction of sp³-hybridized carbons (Fsp3) is 0.118. The Morgan fingerprint density at radius 3 is 2.15 bits per heavy atom. The van der Waals surface area contributed by atoms with Crippen molar-refractivity contribution < 1.29 is 22.4 Å². The molecule has 1 aromatic carbocycles. The van der Waals surface area contributed by atoms with E-state index in [0.717, 1.165) is 6.41 Å². The normalized spacial score (nSPS) is 11.0. The van der Waals surface area contributed by atoms with E-state index in [1.165, 1.54) is 35.2 Å². The zero-order valence-corrected chi connectivity index (χ0v) is 15.4. The molecule has 0 bridgehead atoms. The van der Waals surface area contributed by atoms with Crippen molar-refractivity contribution in [3.05, 3.63) is 47.7 Å². The highest BCUT2D eigenvalue weighted by Crippen LogP contribution is 2.24. The van der Waals surface area contributed by atoms with Gasteiger partial charge in [0.2, 0.25) is 16.4 Å². The number of benzene rings is 1. The first-order valence-electron chi connectivity index (χ1n) is 7.35. The quantitative estimate of drug-likeness (QED) is 0.434. The number of hydrogen-bond donors (Lipinski definition) is 2. The minimum atomic E-state index is -3.75. The van der Waals surface area contributed by atoms with Gasteiger partial charge in [-0.2, -0.15) is 5.26 Å². The lowest BCUT2D eigenvalue weighted by Crippen LogP contribution is -2.12. The van der Waals surface area contributed by atoms with Gasteiger partial charge in [0.1, 0.15) is 23.2 Å². The van der Waals surface area contributed by atoms with Gasteiger partial charge in [-0.1, -0.05) is 0 Å². The van der Waals surface area contributed by atoms with Gasteiger partial charge in [-0.3, -0.25) is 9.59 Å². The van der Waals surface area contributed by atoms with Gasteiger partial charge in [0.25, 0.3) is 5.91 Å². The SMILES string of the molecule is CN(C)C=O.N#C/C(=C\c1ccc(-c2ccc(S(N)(=O)=O)cc2)o1)C(N)=O. The van der Waals surface area contributed by atoms with Crippen LogP contribution in [0.5, 0.6) is 0 Å². The lowest BCUT2D eigenvalue weighted by Gasteiger charge is -2.00. The Bertz CT molecular complexity index is 983. The number of nitrogens with zero attached hydrogens (tertiary/aromatic N) is 2. The molecule has 4 N–H and O–H groups in total. The lowest BCUT2D eigenvalue weighted by molar-refractivity contribution is -0.116. The predicted octanol–water partition coefficient (Wildman–Crippen LogP) is 0.691. The molecule has 0 atom stereocenters. The molecule has 142 valence electrons. The molecule has 0 unspecified atom stereocenters. The van der Waals surface area contributed by atoms with E-state index in [1.807, 2.05) is 0 Å². The fourth-order valence-corrected chi connectivity index (χ4v) is 2.21. The smallest absolute Gasteiger partial charge is 0.259 e. The summed E-state index contributed by atoms with van der Waals surface area (Å²) in [6, 6.07) is 10.6. The van der Waals surface area contributed by atoms with Crippen LogP contribution >= 0.6 is 0 Å². The van der Waals surface area contributed by atoms with Crippen LogP contribution in [0.2, 0.25) is 0 Å². The molecule has 27 heavy (non-hydrogen) atoms. The van der Waals surface area contributed by atoms with Crippen molar-refractivity contribution in [1.29, 1.82) is 5.26 Å². The first kappa shape index (κ1) is 21.6. The van der Waals surface area contributed by atoms with Crippen LogP contribution < -0.4 is 10.9 Å². The molecule has 0 aliphatic rings. The third-order valence-corrected chi connectivity index (χ3v) is 3.91. The van der Waals surface area contributed by atoms with Crippen LogP contribution in [0.4, 0.5) is 0 Å². The summed E-state index contributed by atoms with van der Waals surface area (Å²) >= 11 is 0. The van der Waals surface area contributed by atoms with E-state index >= 15 is 0 Å². The number of carbonyl (C=O) groups is 2. The van der Waals surface area contributed by atoms with Crippen molar-refractivity contribution in [2.75, 3.05) is 14.1 Å². The highest BCUT2D eigenvalue weighted by Gasteiger charge is 2.10. The topological polar surface area (TPSA) is 160 Å². The number of nitriles is 1. The summed E-state index contributed by atoms with van der Waals surface area (Å²) in [6.45, 7) is 0. The Kier molecular flexibility index (Phi) is 7.47. The third kappa shape index (κ3) is 6.77. The Labute approximate surface area is 156 Å². The largest absolute Gasteiger partial charge is 0.457 e. The Morgan fingerprint density at radius 1 is 1.19 bits per heavy atom. The first-order chi connectivity index (χ1) is 12.6. The molecule has 0 fully saturated rings. The van der Waals surface area contributed by atoms with Crippen LogP contribution in [0.3, 0.4) is 0 Å². The number of furan rings is 1. The summed E-state index contributed by atoms with van der Waals surface area (Å²) in [5, 5.41) is 13.8. The highest BCUT2D eigenvalue weighted by molar-refractivity contribution is 7.89. The summed E-state index contributed by atoms with van der Waals surface area (Å²) in [4.78, 5) is 21.8. The molecule has 0 saturated heterocycles. The van der Waals surface area contributed by atoms with Crippen LogP contribution in [0.15, 0.2) is 51.3 Å². The van der Waals surface area contributed by atoms with Gasteiger partial charge < -0.3 is 15.1 Å². The van der Waals surface area contributed by atoms with Crippen LogP contribution in [0.1, 0.15) is 5.76 Å². The maximum Gasteiger partial charge on any atom is 0.259 e. The van der Waals surface area contributed by atoms with Crippen molar-refractivity contribution in [3.8, 4) is 17.4 Å². The average molecular weight is 390 g/mol. The van der Waals surface area contributed by atoms with Crippen molar-refractivity contribution in [2.45, 2.75) is 4.90 Å². The molecular formula is C17H18N4O5S. The van der Waals surface area contributed by atoms with E-state index in [1.54, 1.807) is 32.3 Å². The number of primary sulfonamides is 1. The molecule has 9 nitrogen and oxygen atoms in total. The van der Waals surface area contributed by atoms with Crippen molar-refractivity contribution in [2.24, 2.45) is 10.9 Å². The minimum Gasteiger partial charge on any atom is -0.457 e. The summed E-state index contributed by atoms with van der Waals surface area (Å²) in [5.41, 5.74) is 5.41. The summed E-state index contributed by atoms with van der Waals surface area (Å²) in [5.74, 6) is -0.132. The summed E-state index contributed by atoms with van der Waals surface area (Å²) in [6.07, 6.45) is 1.98. The van der Waals surface area contributed by atoms with E-state index in [-0.39, 0.29) is 16.2 Å². The predicted molar refractivity (Wildman–Crippen MR) is 98.1 cm³/mol. The molecule has 2 aromatic rings. The molecule has 0 saturated carbocycles. The van der Waals surface area contributed by atoms with Gasteiger partial charge in [0.15, 0.2) is 0 Å². The van der Waals surface area contributed by atoms with E-state index < -0.39 is 15.9 Å². The second-order valence-electron chi connectivity index (χ2n) is 5.37. The first-order valence-corrected chi connectivity index (χ1v) is 8.89. The fourth-order valence-electron chi connectivity index (χ4n) is 1.70. The second kappa shape index (κ2) is 9.33. The van der Waals surface area contributed by atoms with Crippen LogP contribution in [0.25, 0.3) is 17.4 Å². The lowest BCUT2D eigenvalue weighted by atomic mass is 10.2. The molecule has 1 heterocycles. The molecular weight excluding hydrogens is 372 g/mol. The van der Waals surface area contributed by atoms with E-state index in [0.29, 0.717) is 11.3 Å². The molecule has 2 rings (SSSR count). The van der Waals surface area contributed by atoms with E-state index in [2.05, 4.69) is 0 Å². The molecule has 1 aromatic heterocycles. The number of primary amides is 1. The van der Waals surface area contributed by atoms with Crippen molar-refractivity contribution in [3.63, 3.8) is 0 Å². The number of carbonyl (C=O) groups excluding carboxylic acids is 2. The summed E-state index contributed by atoms with van der Waals surface area (Å²) in [7, 11) is -0.378. The summed E-state index contributed by atoms with van der Waals surface area (Å²) < 4.78 is 27.8. The average Bonchev–Trinajstić information content (AvgIpc) is 3.08. The standard InChI is InChI=1S/C14H11N3O4S.C3H7NO/c15-8-10(14(16)18)7-11-3-6-13(21-11)9-1-4-12(5-2-9)22(17,19)20;1-4(2)3-5/h1-7H,(H2,16,18)(H2,17,19,20);3H,1-2H3/b10-7+;. The number of amides is 2. The van der Waals surface area contributed by atoms with Crippen LogP contribution in [-0.4, -0.2) is 39.7 Å². The maximum atomic E-state index is 11.2. The molecule has 10 heteroatoms.